The van der Waals surface area contributed by atoms with E-state index in [-0.39, 0.29) is 11.9 Å². The summed E-state index contributed by atoms with van der Waals surface area (Å²) in [4.78, 5) is 21.5. The smallest absolute Gasteiger partial charge is 0.229 e. The molecule has 1 aliphatic heterocycles. The predicted octanol–water partition coefficient (Wildman–Crippen LogP) is 1.13. The molecule has 6 nitrogen and oxygen atoms in total. The Morgan fingerprint density at radius 3 is 2.91 bits per heavy atom. The fraction of sp³-hybridized carbons (Fsp3) is 0.375. The molecule has 6 heteroatoms. The molecule has 22 heavy (non-hydrogen) atoms. The third kappa shape index (κ3) is 3.12. The van der Waals surface area contributed by atoms with Gasteiger partial charge >= 0.3 is 0 Å². The van der Waals surface area contributed by atoms with Crippen molar-refractivity contribution in [2.75, 3.05) is 26.7 Å². The minimum Gasteiger partial charge on any atom is -0.497 e. The van der Waals surface area contributed by atoms with E-state index in [1.807, 2.05) is 29.2 Å². The number of carbonyl (C=O) groups excluding carboxylic acids is 1. The van der Waals surface area contributed by atoms with Crippen molar-refractivity contribution in [1.82, 2.24) is 20.2 Å². The molecule has 2 heterocycles. The van der Waals surface area contributed by atoms with E-state index >= 15 is 0 Å². The number of aromatic amines is 1. The highest BCUT2D eigenvalue weighted by Crippen LogP contribution is 2.25. The van der Waals surface area contributed by atoms with Crippen LogP contribution in [-0.2, 0) is 11.2 Å². The van der Waals surface area contributed by atoms with Gasteiger partial charge in [0.25, 0.3) is 0 Å². The van der Waals surface area contributed by atoms with Gasteiger partial charge in [-0.05, 0) is 17.7 Å². The Bertz CT molecular complexity index is 610. The van der Waals surface area contributed by atoms with Crippen LogP contribution in [0.4, 0.5) is 0 Å². The maximum atomic E-state index is 12.6. The van der Waals surface area contributed by atoms with Gasteiger partial charge in [0, 0.05) is 31.5 Å². The Kier molecular flexibility index (Phi) is 4.39. The van der Waals surface area contributed by atoms with Crippen LogP contribution < -0.4 is 10.1 Å². The molecule has 0 aliphatic carbocycles. The summed E-state index contributed by atoms with van der Waals surface area (Å²) >= 11 is 0. The summed E-state index contributed by atoms with van der Waals surface area (Å²) in [5, 5.41) is 3.36. The summed E-state index contributed by atoms with van der Waals surface area (Å²) in [6, 6.07) is 7.96. The first-order valence-electron chi connectivity index (χ1n) is 7.39. The molecule has 0 radical (unpaired) electrons. The molecule has 0 spiro atoms. The number of benzene rings is 1. The lowest BCUT2D eigenvalue weighted by Gasteiger charge is -2.36. The molecule has 116 valence electrons. The van der Waals surface area contributed by atoms with E-state index in [0.717, 1.165) is 30.1 Å². The molecule has 1 aromatic heterocycles. The average Bonchev–Trinajstić information content (AvgIpc) is 3.08. The summed E-state index contributed by atoms with van der Waals surface area (Å²) < 4.78 is 5.19. The zero-order valence-electron chi connectivity index (χ0n) is 12.6. The van der Waals surface area contributed by atoms with Crippen LogP contribution in [0.5, 0.6) is 5.75 Å². The Balaban J connectivity index is 1.76. The second-order valence-electron chi connectivity index (χ2n) is 5.33. The first-order chi connectivity index (χ1) is 10.8. The minimum absolute atomic E-state index is 0.0510. The van der Waals surface area contributed by atoms with E-state index in [4.69, 9.17) is 4.74 Å². The number of carbonyl (C=O) groups is 1. The molecule has 3 rings (SSSR count). The molecule has 2 aromatic rings. The third-order valence-electron chi connectivity index (χ3n) is 3.96. The lowest BCUT2D eigenvalue weighted by Crippen LogP contribution is -2.49. The fourth-order valence-corrected chi connectivity index (χ4v) is 2.77. The number of ether oxygens (including phenoxy) is 1. The highest BCUT2D eigenvalue weighted by atomic mass is 16.5. The average molecular weight is 300 g/mol. The molecule has 0 saturated carbocycles. The molecule has 1 fully saturated rings. The zero-order valence-corrected chi connectivity index (χ0v) is 12.6. The molecular formula is C16H20N4O2. The van der Waals surface area contributed by atoms with Gasteiger partial charge < -0.3 is 19.9 Å². The molecule has 0 bridgehead atoms. The number of piperazine rings is 1. The molecule has 1 aliphatic rings. The second-order valence-corrected chi connectivity index (χ2v) is 5.33. The Morgan fingerprint density at radius 2 is 2.23 bits per heavy atom. The Labute approximate surface area is 129 Å². The zero-order chi connectivity index (χ0) is 15.4. The Morgan fingerprint density at radius 1 is 1.41 bits per heavy atom. The first kappa shape index (κ1) is 14.6. The second kappa shape index (κ2) is 6.62. The van der Waals surface area contributed by atoms with E-state index in [9.17, 15) is 4.79 Å². The highest BCUT2D eigenvalue weighted by Gasteiger charge is 2.27. The van der Waals surface area contributed by atoms with Crippen molar-refractivity contribution in [2.24, 2.45) is 0 Å². The lowest BCUT2D eigenvalue weighted by molar-refractivity contribution is -0.133. The van der Waals surface area contributed by atoms with Crippen molar-refractivity contribution >= 4 is 5.91 Å². The van der Waals surface area contributed by atoms with Crippen LogP contribution in [0.15, 0.2) is 36.8 Å². The van der Waals surface area contributed by atoms with E-state index in [2.05, 4.69) is 15.3 Å². The number of hydrogen-bond acceptors (Lipinski definition) is 4. The van der Waals surface area contributed by atoms with Crippen molar-refractivity contribution in [3.05, 3.63) is 48.0 Å². The standard InChI is InChI=1S/C16H20N4O2/c1-22-14-4-2-12(3-5-14)15-10-17-6-7-20(15)16(21)8-13-9-18-11-19-13/h2-5,9,11,15,17H,6-8,10H2,1H3,(H,18,19). The Hall–Kier alpha value is -2.34. The van der Waals surface area contributed by atoms with E-state index in [1.165, 1.54) is 0 Å². The monoisotopic (exact) mass is 300 g/mol. The van der Waals surface area contributed by atoms with Crippen LogP contribution in [0.1, 0.15) is 17.3 Å². The molecule has 1 saturated heterocycles. The van der Waals surface area contributed by atoms with Gasteiger partial charge in [-0.25, -0.2) is 4.98 Å². The number of rotatable bonds is 4. The number of nitrogens with one attached hydrogen (secondary N) is 2. The topological polar surface area (TPSA) is 70.2 Å². The van der Waals surface area contributed by atoms with Crippen LogP contribution in [0, 0.1) is 0 Å². The summed E-state index contributed by atoms with van der Waals surface area (Å²) in [6.45, 7) is 2.30. The summed E-state index contributed by atoms with van der Waals surface area (Å²) in [5.74, 6) is 0.939. The maximum absolute atomic E-state index is 12.6. The van der Waals surface area contributed by atoms with E-state index in [0.29, 0.717) is 13.0 Å². The van der Waals surface area contributed by atoms with Crippen LogP contribution in [-0.4, -0.2) is 47.5 Å². The van der Waals surface area contributed by atoms with Crippen molar-refractivity contribution in [1.29, 1.82) is 0 Å². The van der Waals surface area contributed by atoms with Crippen molar-refractivity contribution in [3.8, 4) is 5.75 Å². The SMILES string of the molecule is COc1ccc(C2CNCCN2C(=O)Cc2cnc[nH]2)cc1. The van der Waals surface area contributed by atoms with Crippen LogP contribution in [0.2, 0.25) is 0 Å². The van der Waals surface area contributed by atoms with Crippen molar-refractivity contribution < 1.29 is 9.53 Å². The minimum atomic E-state index is 0.0510. The van der Waals surface area contributed by atoms with Gasteiger partial charge in [0.15, 0.2) is 0 Å². The molecule has 2 N–H and O–H groups in total. The normalized spacial score (nSPS) is 18.2. The highest BCUT2D eigenvalue weighted by molar-refractivity contribution is 5.79. The summed E-state index contributed by atoms with van der Waals surface area (Å²) in [7, 11) is 1.65. The van der Waals surface area contributed by atoms with Crippen LogP contribution >= 0.6 is 0 Å². The first-order valence-corrected chi connectivity index (χ1v) is 7.39. The third-order valence-corrected chi connectivity index (χ3v) is 3.96. The van der Waals surface area contributed by atoms with E-state index in [1.54, 1.807) is 19.6 Å². The molecule has 1 aromatic carbocycles. The largest absolute Gasteiger partial charge is 0.497 e. The maximum Gasteiger partial charge on any atom is 0.229 e. The van der Waals surface area contributed by atoms with Crippen molar-refractivity contribution in [3.63, 3.8) is 0 Å². The fourth-order valence-electron chi connectivity index (χ4n) is 2.77. The van der Waals surface area contributed by atoms with Gasteiger partial charge in [-0.2, -0.15) is 0 Å². The van der Waals surface area contributed by atoms with Gasteiger partial charge in [-0.15, -0.1) is 0 Å². The number of amides is 1. The number of nitrogens with zero attached hydrogens (tertiary/aromatic N) is 2. The van der Waals surface area contributed by atoms with Gasteiger partial charge in [0.05, 0.1) is 25.9 Å². The summed E-state index contributed by atoms with van der Waals surface area (Å²) in [6.07, 6.45) is 3.65. The lowest BCUT2D eigenvalue weighted by atomic mass is 10.0. The van der Waals surface area contributed by atoms with Gasteiger partial charge in [0.1, 0.15) is 5.75 Å². The quantitative estimate of drug-likeness (QED) is 0.888. The number of H-pyrrole nitrogens is 1. The van der Waals surface area contributed by atoms with Crippen molar-refractivity contribution in [2.45, 2.75) is 12.5 Å². The molecular weight excluding hydrogens is 280 g/mol. The molecule has 1 unspecified atom stereocenters. The number of methoxy groups -OCH3 is 1. The number of imidazole rings is 1. The van der Waals surface area contributed by atoms with E-state index < -0.39 is 0 Å². The van der Waals surface area contributed by atoms with Gasteiger partial charge in [-0.3, -0.25) is 4.79 Å². The van der Waals surface area contributed by atoms with Crippen LogP contribution in [0.25, 0.3) is 0 Å². The predicted molar refractivity (Wildman–Crippen MR) is 82.6 cm³/mol. The molecule has 1 amide bonds. The molecule has 1 atom stereocenters. The summed E-state index contributed by atoms with van der Waals surface area (Å²) in [5.41, 5.74) is 1.96. The van der Waals surface area contributed by atoms with Gasteiger partial charge in [0.2, 0.25) is 5.91 Å². The number of hydrogen-bond donors (Lipinski definition) is 2. The van der Waals surface area contributed by atoms with Crippen LogP contribution in [0.3, 0.4) is 0 Å². The van der Waals surface area contributed by atoms with Gasteiger partial charge in [-0.1, -0.05) is 12.1 Å². The number of aromatic nitrogens is 2.